The highest BCUT2D eigenvalue weighted by molar-refractivity contribution is 6.05. The average Bonchev–Trinajstić information content (AvgIpc) is 2.64. The van der Waals surface area contributed by atoms with Gasteiger partial charge in [0.2, 0.25) is 5.96 Å². The van der Waals surface area contributed by atoms with E-state index >= 15 is 0 Å². The summed E-state index contributed by atoms with van der Waals surface area (Å²) in [7, 11) is 0. The first-order valence-corrected chi connectivity index (χ1v) is 7.76. The smallest absolute Gasteiger partial charge is 0.252 e. The van der Waals surface area contributed by atoms with Crippen LogP contribution in [0.25, 0.3) is 0 Å². The lowest BCUT2D eigenvalue weighted by atomic mass is 9.84. The quantitative estimate of drug-likeness (QED) is 0.909. The third-order valence-corrected chi connectivity index (χ3v) is 3.97. The Labute approximate surface area is 133 Å². The molecule has 0 spiro atoms. The molecule has 22 heavy (non-hydrogen) atoms. The molecule has 1 saturated heterocycles. The van der Waals surface area contributed by atoms with Crippen LogP contribution in [-0.2, 0) is 11.3 Å². The minimum absolute atomic E-state index is 0.0243. The molecule has 0 saturated carbocycles. The zero-order valence-corrected chi connectivity index (χ0v) is 14.5. The number of carbonyl (C=O) groups excluding carboxylic acids is 1. The molecule has 120 valence electrons. The third kappa shape index (κ3) is 3.01. The van der Waals surface area contributed by atoms with E-state index in [0.717, 1.165) is 5.56 Å². The van der Waals surface area contributed by atoms with Crippen LogP contribution in [-0.4, -0.2) is 33.2 Å². The molecular weight excluding hydrogens is 274 g/mol. The number of nitrogens with zero attached hydrogens (tertiary/aromatic N) is 2. The SMILES string of the molecule is CC(C)(C)C1C(=O)N(Cc2ccccc2)C(=N)N1C(C)(C)C. The van der Waals surface area contributed by atoms with Crippen molar-refractivity contribution in [1.29, 1.82) is 5.41 Å². The van der Waals surface area contributed by atoms with Gasteiger partial charge in [0, 0.05) is 5.54 Å². The second-order valence-corrected chi connectivity index (χ2v) is 8.04. The second kappa shape index (κ2) is 5.41. The number of hydrogen-bond acceptors (Lipinski definition) is 2. The molecule has 0 aliphatic carbocycles. The van der Waals surface area contributed by atoms with Crippen molar-refractivity contribution in [2.75, 3.05) is 0 Å². The number of amides is 1. The fourth-order valence-corrected chi connectivity index (χ4v) is 3.00. The Hall–Kier alpha value is -1.84. The van der Waals surface area contributed by atoms with Crippen molar-refractivity contribution in [3.63, 3.8) is 0 Å². The van der Waals surface area contributed by atoms with Gasteiger partial charge in [0.05, 0.1) is 6.54 Å². The molecule has 1 unspecified atom stereocenters. The van der Waals surface area contributed by atoms with Gasteiger partial charge >= 0.3 is 0 Å². The van der Waals surface area contributed by atoms with Crippen LogP contribution in [0, 0.1) is 10.8 Å². The maximum atomic E-state index is 13.0. The van der Waals surface area contributed by atoms with Crippen molar-refractivity contribution in [2.45, 2.75) is 59.7 Å². The van der Waals surface area contributed by atoms with Gasteiger partial charge in [-0.1, -0.05) is 51.1 Å². The lowest BCUT2D eigenvalue weighted by Crippen LogP contribution is -2.53. The first kappa shape index (κ1) is 16.5. The maximum absolute atomic E-state index is 13.0. The Balaban J connectivity index is 2.38. The Morgan fingerprint density at radius 2 is 1.59 bits per heavy atom. The summed E-state index contributed by atoms with van der Waals surface area (Å²) >= 11 is 0. The van der Waals surface area contributed by atoms with Crippen molar-refractivity contribution in [1.82, 2.24) is 9.80 Å². The van der Waals surface area contributed by atoms with E-state index in [1.54, 1.807) is 4.90 Å². The highest BCUT2D eigenvalue weighted by Crippen LogP contribution is 2.36. The normalized spacial score (nSPS) is 20.0. The van der Waals surface area contributed by atoms with E-state index in [4.69, 9.17) is 5.41 Å². The van der Waals surface area contributed by atoms with Gasteiger partial charge in [-0.05, 0) is 31.7 Å². The number of benzene rings is 1. The van der Waals surface area contributed by atoms with Crippen LogP contribution in [0.1, 0.15) is 47.1 Å². The fraction of sp³-hybridized carbons (Fsp3) is 0.556. The van der Waals surface area contributed by atoms with Crippen LogP contribution in [0.5, 0.6) is 0 Å². The van der Waals surface area contributed by atoms with Gasteiger partial charge in [-0.25, -0.2) is 0 Å². The summed E-state index contributed by atoms with van der Waals surface area (Å²) in [5.74, 6) is 0.331. The standard InChI is InChI=1S/C18H27N3O/c1-17(2,3)14-15(22)20(12-13-10-8-7-9-11-13)16(19)21(14)18(4,5)6/h7-11,14,19H,12H2,1-6H3. The van der Waals surface area contributed by atoms with Gasteiger partial charge in [-0.2, -0.15) is 0 Å². The van der Waals surface area contributed by atoms with Crippen LogP contribution in [0.2, 0.25) is 0 Å². The van der Waals surface area contributed by atoms with Gasteiger partial charge in [-0.15, -0.1) is 0 Å². The van der Waals surface area contributed by atoms with Crippen LogP contribution in [0.15, 0.2) is 30.3 Å². The van der Waals surface area contributed by atoms with Crippen LogP contribution in [0.4, 0.5) is 0 Å². The molecule has 1 atom stereocenters. The zero-order chi connectivity index (χ0) is 16.7. The minimum atomic E-state index is -0.302. The van der Waals surface area contributed by atoms with Crippen molar-refractivity contribution < 1.29 is 4.79 Å². The number of carbonyl (C=O) groups is 1. The van der Waals surface area contributed by atoms with Crippen molar-refractivity contribution in [3.8, 4) is 0 Å². The zero-order valence-electron chi connectivity index (χ0n) is 14.5. The Morgan fingerprint density at radius 1 is 1.05 bits per heavy atom. The van der Waals surface area contributed by atoms with E-state index in [-0.39, 0.29) is 22.9 Å². The monoisotopic (exact) mass is 301 g/mol. The molecule has 1 amide bonds. The second-order valence-electron chi connectivity index (χ2n) is 8.04. The Kier molecular flexibility index (Phi) is 4.07. The number of hydrogen-bond donors (Lipinski definition) is 1. The van der Waals surface area contributed by atoms with Crippen molar-refractivity contribution in [2.24, 2.45) is 5.41 Å². The molecule has 2 rings (SSSR count). The molecule has 1 aromatic carbocycles. The van der Waals surface area contributed by atoms with Gasteiger partial charge in [0.15, 0.2) is 0 Å². The fourth-order valence-electron chi connectivity index (χ4n) is 3.00. The highest BCUT2D eigenvalue weighted by atomic mass is 16.2. The summed E-state index contributed by atoms with van der Waals surface area (Å²) in [4.78, 5) is 16.5. The molecule has 1 aliphatic heterocycles. The summed E-state index contributed by atoms with van der Waals surface area (Å²) in [5.41, 5.74) is 0.558. The maximum Gasteiger partial charge on any atom is 0.252 e. The van der Waals surface area contributed by atoms with Crippen LogP contribution >= 0.6 is 0 Å². The van der Waals surface area contributed by atoms with E-state index in [1.807, 2.05) is 35.2 Å². The summed E-state index contributed by atoms with van der Waals surface area (Å²) in [6.07, 6.45) is 0. The lowest BCUT2D eigenvalue weighted by molar-refractivity contribution is -0.132. The molecular formula is C18H27N3O. The van der Waals surface area contributed by atoms with E-state index in [1.165, 1.54) is 0 Å². The molecule has 0 radical (unpaired) electrons. The highest BCUT2D eigenvalue weighted by Gasteiger charge is 2.51. The summed E-state index contributed by atoms with van der Waals surface area (Å²) in [6, 6.07) is 9.56. The largest absolute Gasteiger partial charge is 0.325 e. The van der Waals surface area contributed by atoms with Crippen molar-refractivity contribution in [3.05, 3.63) is 35.9 Å². The molecule has 1 N–H and O–H groups in total. The average molecular weight is 301 g/mol. The lowest BCUT2D eigenvalue weighted by Gasteiger charge is -2.41. The topological polar surface area (TPSA) is 47.4 Å². The van der Waals surface area contributed by atoms with E-state index < -0.39 is 0 Å². The first-order chi connectivity index (χ1) is 10.0. The van der Waals surface area contributed by atoms with Crippen LogP contribution < -0.4 is 0 Å². The molecule has 1 fully saturated rings. The van der Waals surface area contributed by atoms with E-state index in [2.05, 4.69) is 41.5 Å². The summed E-state index contributed by atoms with van der Waals surface area (Å²) < 4.78 is 0. The molecule has 0 aromatic heterocycles. The summed E-state index contributed by atoms with van der Waals surface area (Å²) in [5, 5.41) is 8.54. The predicted octanol–water partition coefficient (Wildman–Crippen LogP) is 3.48. The van der Waals surface area contributed by atoms with Gasteiger partial charge in [0.25, 0.3) is 5.91 Å². The Bertz CT molecular complexity index is 534. The number of nitrogens with one attached hydrogen (secondary N) is 1. The van der Waals surface area contributed by atoms with Gasteiger partial charge < -0.3 is 4.90 Å². The predicted molar refractivity (Wildman–Crippen MR) is 89.6 cm³/mol. The molecule has 1 aromatic rings. The minimum Gasteiger partial charge on any atom is -0.325 e. The van der Waals surface area contributed by atoms with Gasteiger partial charge in [-0.3, -0.25) is 15.1 Å². The van der Waals surface area contributed by atoms with E-state index in [9.17, 15) is 4.79 Å². The summed E-state index contributed by atoms with van der Waals surface area (Å²) in [6.45, 7) is 12.8. The van der Waals surface area contributed by atoms with Gasteiger partial charge in [0.1, 0.15) is 6.04 Å². The van der Waals surface area contributed by atoms with Crippen molar-refractivity contribution >= 4 is 11.9 Å². The van der Waals surface area contributed by atoms with E-state index in [0.29, 0.717) is 12.5 Å². The molecule has 0 bridgehead atoms. The number of guanidine groups is 1. The number of rotatable bonds is 2. The first-order valence-electron chi connectivity index (χ1n) is 7.76. The Morgan fingerprint density at radius 3 is 2.00 bits per heavy atom. The molecule has 4 heteroatoms. The molecule has 1 aliphatic rings. The molecule has 1 heterocycles. The molecule has 4 nitrogen and oxygen atoms in total. The third-order valence-electron chi connectivity index (χ3n) is 3.97. The van der Waals surface area contributed by atoms with Crippen LogP contribution in [0.3, 0.4) is 0 Å².